The maximum absolute atomic E-state index is 5.78. The highest BCUT2D eigenvalue weighted by Crippen LogP contribution is 2.25. The van der Waals surface area contributed by atoms with Gasteiger partial charge >= 0.3 is 0 Å². The molecule has 2 aromatic heterocycles. The van der Waals surface area contributed by atoms with Gasteiger partial charge in [-0.15, -0.1) is 0 Å². The van der Waals surface area contributed by atoms with E-state index in [0.29, 0.717) is 24.0 Å². The van der Waals surface area contributed by atoms with Crippen LogP contribution in [0.4, 0.5) is 0 Å². The lowest BCUT2D eigenvalue weighted by atomic mass is 9.97. The summed E-state index contributed by atoms with van der Waals surface area (Å²) in [5, 5.41) is 0. The van der Waals surface area contributed by atoms with E-state index in [0.717, 1.165) is 17.7 Å². The number of fused-ring (bicyclic) bond motifs is 1. The van der Waals surface area contributed by atoms with Crippen LogP contribution in [0, 0.1) is 12.8 Å². The largest absolute Gasteiger partial charge is 0.439 e. The minimum Gasteiger partial charge on any atom is -0.439 e. The molecule has 4 heteroatoms. The Morgan fingerprint density at radius 3 is 2.71 bits per heavy atom. The third-order valence-electron chi connectivity index (χ3n) is 2.80. The van der Waals surface area contributed by atoms with Gasteiger partial charge in [0.2, 0.25) is 5.89 Å². The number of nitrogens with zero attached hydrogens (tertiary/aromatic N) is 2. The molecule has 0 aliphatic carbocycles. The van der Waals surface area contributed by atoms with Gasteiger partial charge < -0.3 is 10.2 Å². The minimum absolute atomic E-state index is 0.185. The van der Waals surface area contributed by atoms with E-state index in [9.17, 15) is 0 Å². The van der Waals surface area contributed by atoms with Crippen LogP contribution >= 0.6 is 0 Å². The Bertz CT molecular complexity index is 504. The molecule has 0 fully saturated rings. The molecule has 2 N–H and O–H groups in total. The van der Waals surface area contributed by atoms with Crippen LogP contribution in [0.3, 0.4) is 0 Å². The van der Waals surface area contributed by atoms with Crippen LogP contribution in [0.25, 0.3) is 11.2 Å². The van der Waals surface area contributed by atoms with Gasteiger partial charge in [0.05, 0.1) is 0 Å². The van der Waals surface area contributed by atoms with Crippen LogP contribution in [0.2, 0.25) is 0 Å². The fourth-order valence-electron chi connectivity index (χ4n) is 1.97. The summed E-state index contributed by atoms with van der Waals surface area (Å²) in [5.41, 5.74) is 8.16. The van der Waals surface area contributed by atoms with Gasteiger partial charge in [-0.05, 0) is 31.4 Å². The van der Waals surface area contributed by atoms with E-state index in [2.05, 4.69) is 23.8 Å². The number of nitrogens with two attached hydrogens (primary N) is 1. The highest BCUT2D eigenvalue weighted by atomic mass is 16.3. The first-order valence-corrected chi connectivity index (χ1v) is 6.04. The Morgan fingerprint density at radius 1 is 1.29 bits per heavy atom. The predicted molar refractivity (Wildman–Crippen MR) is 67.8 cm³/mol. The van der Waals surface area contributed by atoms with Crippen LogP contribution in [-0.2, 0) is 0 Å². The van der Waals surface area contributed by atoms with Crippen LogP contribution in [0.15, 0.2) is 16.5 Å². The molecule has 17 heavy (non-hydrogen) atoms. The molecule has 0 aliphatic rings. The number of rotatable bonds is 4. The van der Waals surface area contributed by atoms with E-state index < -0.39 is 0 Å². The first kappa shape index (κ1) is 12.0. The summed E-state index contributed by atoms with van der Waals surface area (Å²) in [7, 11) is 0. The second-order valence-electron chi connectivity index (χ2n) is 4.89. The average molecular weight is 233 g/mol. The monoisotopic (exact) mass is 233 g/mol. The van der Waals surface area contributed by atoms with Crippen molar-refractivity contribution in [3.8, 4) is 0 Å². The molecule has 2 aromatic rings. The molecule has 0 radical (unpaired) electrons. The van der Waals surface area contributed by atoms with Gasteiger partial charge in [-0.3, -0.25) is 0 Å². The molecule has 1 atom stereocenters. The Kier molecular flexibility index (Phi) is 3.43. The van der Waals surface area contributed by atoms with Gasteiger partial charge in [0.1, 0.15) is 0 Å². The minimum atomic E-state index is 0.185. The summed E-state index contributed by atoms with van der Waals surface area (Å²) in [6.07, 6.45) is 0.988. The molecule has 92 valence electrons. The third-order valence-corrected chi connectivity index (χ3v) is 2.80. The molecular weight excluding hydrogens is 214 g/mol. The van der Waals surface area contributed by atoms with Gasteiger partial charge in [0.25, 0.3) is 0 Å². The molecule has 2 heterocycles. The lowest BCUT2D eigenvalue weighted by Crippen LogP contribution is -2.14. The predicted octanol–water partition coefficient (Wildman–Crippen LogP) is 2.62. The van der Waals surface area contributed by atoms with E-state index in [4.69, 9.17) is 10.2 Å². The van der Waals surface area contributed by atoms with Crippen molar-refractivity contribution in [2.45, 2.75) is 33.1 Å². The van der Waals surface area contributed by atoms with E-state index >= 15 is 0 Å². The zero-order chi connectivity index (χ0) is 12.4. The summed E-state index contributed by atoms with van der Waals surface area (Å²) in [6, 6.07) is 3.84. The summed E-state index contributed by atoms with van der Waals surface area (Å²) in [4.78, 5) is 8.79. The summed E-state index contributed by atoms with van der Waals surface area (Å²) in [5.74, 6) is 1.48. The number of hydrogen-bond donors (Lipinski definition) is 1. The highest BCUT2D eigenvalue weighted by molar-refractivity contribution is 5.67. The molecular formula is C13H19N3O. The van der Waals surface area contributed by atoms with E-state index in [1.807, 2.05) is 19.1 Å². The lowest BCUT2D eigenvalue weighted by Gasteiger charge is -2.12. The summed E-state index contributed by atoms with van der Waals surface area (Å²) in [6.45, 7) is 6.85. The van der Waals surface area contributed by atoms with Crippen molar-refractivity contribution in [2.24, 2.45) is 11.7 Å². The van der Waals surface area contributed by atoms with Crippen molar-refractivity contribution in [1.29, 1.82) is 0 Å². The molecule has 0 aliphatic heterocycles. The second kappa shape index (κ2) is 4.84. The quantitative estimate of drug-likeness (QED) is 0.881. The molecule has 0 aromatic carbocycles. The second-order valence-corrected chi connectivity index (χ2v) is 4.89. The average Bonchev–Trinajstić information content (AvgIpc) is 2.68. The molecule has 0 bridgehead atoms. The standard InChI is InChI=1S/C13H19N3O/c1-8(2)6-10(7-14)13-16-12-11(17-13)5-4-9(3)15-12/h4-5,8,10H,6-7,14H2,1-3H3. The molecule has 0 spiro atoms. The summed E-state index contributed by atoms with van der Waals surface area (Å²) < 4.78 is 5.72. The Balaban J connectivity index is 2.34. The van der Waals surface area contributed by atoms with Gasteiger partial charge in [-0.2, -0.15) is 4.98 Å². The Morgan fingerprint density at radius 2 is 2.06 bits per heavy atom. The van der Waals surface area contributed by atoms with Crippen LogP contribution in [-0.4, -0.2) is 16.5 Å². The van der Waals surface area contributed by atoms with Crippen LogP contribution in [0.5, 0.6) is 0 Å². The van der Waals surface area contributed by atoms with E-state index in [1.54, 1.807) is 0 Å². The Labute approximate surface area is 101 Å². The van der Waals surface area contributed by atoms with Crippen molar-refractivity contribution in [1.82, 2.24) is 9.97 Å². The van der Waals surface area contributed by atoms with Gasteiger partial charge in [0.15, 0.2) is 11.2 Å². The van der Waals surface area contributed by atoms with Crippen molar-refractivity contribution < 1.29 is 4.42 Å². The lowest BCUT2D eigenvalue weighted by molar-refractivity contribution is 0.414. The first-order valence-electron chi connectivity index (χ1n) is 6.04. The molecule has 2 rings (SSSR count). The van der Waals surface area contributed by atoms with Gasteiger partial charge in [0, 0.05) is 18.2 Å². The molecule has 0 saturated carbocycles. The Hall–Kier alpha value is -1.42. The zero-order valence-electron chi connectivity index (χ0n) is 10.6. The zero-order valence-corrected chi connectivity index (χ0v) is 10.6. The van der Waals surface area contributed by atoms with Gasteiger partial charge in [-0.1, -0.05) is 13.8 Å². The first-order chi connectivity index (χ1) is 8.10. The molecule has 1 unspecified atom stereocenters. The molecule has 0 amide bonds. The van der Waals surface area contributed by atoms with Crippen molar-refractivity contribution in [2.75, 3.05) is 6.54 Å². The van der Waals surface area contributed by atoms with Crippen molar-refractivity contribution in [3.63, 3.8) is 0 Å². The van der Waals surface area contributed by atoms with Crippen molar-refractivity contribution in [3.05, 3.63) is 23.7 Å². The third kappa shape index (κ3) is 2.64. The van der Waals surface area contributed by atoms with Crippen LogP contribution < -0.4 is 5.73 Å². The van der Waals surface area contributed by atoms with E-state index in [-0.39, 0.29) is 5.92 Å². The summed E-state index contributed by atoms with van der Waals surface area (Å²) >= 11 is 0. The van der Waals surface area contributed by atoms with Gasteiger partial charge in [-0.25, -0.2) is 4.98 Å². The van der Waals surface area contributed by atoms with E-state index in [1.165, 1.54) is 0 Å². The smallest absolute Gasteiger partial charge is 0.201 e. The fraction of sp³-hybridized carbons (Fsp3) is 0.538. The highest BCUT2D eigenvalue weighted by Gasteiger charge is 2.18. The maximum atomic E-state index is 5.78. The molecule has 4 nitrogen and oxygen atoms in total. The number of aryl methyl sites for hydroxylation is 1. The molecule has 0 saturated heterocycles. The normalized spacial score (nSPS) is 13.5. The SMILES string of the molecule is Cc1ccc2oc(C(CN)CC(C)C)nc2n1. The topological polar surface area (TPSA) is 64.9 Å². The fourth-order valence-corrected chi connectivity index (χ4v) is 1.97. The number of pyridine rings is 1. The van der Waals surface area contributed by atoms with Crippen LogP contribution in [0.1, 0.15) is 37.8 Å². The van der Waals surface area contributed by atoms with Crippen molar-refractivity contribution >= 4 is 11.2 Å². The number of oxazole rings is 1. The number of aromatic nitrogens is 2. The number of hydrogen-bond acceptors (Lipinski definition) is 4. The maximum Gasteiger partial charge on any atom is 0.201 e.